The van der Waals surface area contributed by atoms with Crippen LogP contribution < -0.4 is 19.0 Å². The third-order valence-electron chi connectivity index (χ3n) is 4.83. The molecule has 160 valence electrons. The number of rotatable bonds is 8. The van der Waals surface area contributed by atoms with Crippen LogP contribution in [0.1, 0.15) is 26.2 Å². The third-order valence-corrected chi connectivity index (χ3v) is 5.69. The van der Waals surface area contributed by atoms with Crippen molar-refractivity contribution >= 4 is 17.6 Å². The van der Waals surface area contributed by atoms with Crippen LogP contribution in [-0.2, 0) is 0 Å². The fourth-order valence-electron chi connectivity index (χ4n) is 3.26. The van der Waals surface area contributed by atoms with E-state index in [1.165, 1.54) is 0 Å². The first-order valence-electron chi connectivity index (χ1n) is 9.92. The molecular formula is C23H29N3O3S. The summed E-state index contributed by atoms with van der Waals surface area (Å²) in [6.07, 6.45) is 9.73. The molecule has 1 aromatic carbocycles. The van der Waals surface area contributed by atoms with Gasteiger partial charge in [0.25, 0.3) is 0 Å². The maximum Gasteiger partial charge on any atom is 0.206 e. The molecule has 0 spiro atoms. The molecule has 1 aromatic heterocycles. The number of aromatic nitrogens is 1. The largest absolute Gasteiger partial charge is 0.493 e. The first-order valence-corrected chi connectivity index (χ1v) is 10.8. The Morgan fingerprint density at radius 2 is 1.93 bits per heavy atom. The van der Waals surface area contributed by atoms with Crippen molar-refractivity contribution < 1.29 is 14.2 Å². The molecule has 0 saturated carbocycles. The Balaban J connectivity index is 2.10. The highest BCUT2D eigenvalue weighted by Crippen LogP contribution is 2.41. The van der Waals surface area contributed by atoms with Crippen LogP contribution in [0.2, 0.25) is 0 Å². The predicted octanol–water partition coefficient (Wildman–Crippen LogP) is 4.91. The number of allylic oxidation sites excluding steroid dienone is 2. The lowest BCUT2D eigenvalue weighted by Gasteiger charge is -2.15. The van der Waals surface area contributed by atoms with E-state index >= 15 is 0 Å². The molecule has 1 aliphatic rings. The van der Waals surface area contributed by atoms with Crippen LogP contribution in [0.3, 0.4) is 0 Å². The molecule has 0 bridgehead atoms. The summed E-state index contributed by atoms with van der Waals surface area (Å²) in [7, 11) is 4.83. The molecule has 1 aliphatic carbocycles. The number of methoxy groups -OCH3 is 3. The van der Waals surface area contributed by atoms with Gasteiger partial charge < -0.3 is 14.2 Å². The van der Waals surface area contributed by atoms with E-state index in [1.54, 1.807) is 32.7 Å². The summed E-state index contributed by atoms with van der Waals surface area (Å²) in [6, 6.07) is 3.86. The summed E-state index contributed by atoms with van der Waals surface area (Å²) in [6.45, 7) is 6.50. The lowest BCUT2D eigenvalue weighted by atomic mass is 9.96. The van der Waals surface area contributed by atoms with E-state index in [1.807, 2.05) is 29.9 Å². The zero-order chi connectivity index (χ0) is 21.5. The minimum Gasteiger partial charge on any atom is -0.493 e. The molecule has 0 amide bonds. The Morgan fingerprint density at radius 1 is 1.20 bits per heavy atom. The van der Waals surface area contributed by atoms with Crippen LogP contribution in [-0.4, -0.2) is 38.8 Å². The first-order chi connectivity index (χ1) is 14.6. The second kappa shape index (κ2) is 10.3. The van der Waals surface area contributed by atoms with Gasteiger partial charge in [-0.1, -0.05) is 24.3 Å². The van der Waals surface area contributed by atoms with Gasteiger partial charge in [0.2, 0.25) is 10.6 Å². The molecule has 2 aromatic rings. The molecule has 0 saturated heterocycles. The van der Waals surface area contributed by atoms with Crippen LogP contribution in [0.4, 0.5) is 0 Å². The molecule has 1 atom stereocenters. The van der Waals surface area contributed by atoms with Gasteiger partial charge in [-0.15, -0.1) is 11.3 Å². The fraction of sp³-hybridized carbons (Fsp3) is 0.391. The summed E-state index contributed by atoms with van der Waals surface area (Å²) in [5.41, 5.74) is 2.84. The van der Waals surface area contributed by atoms with Gasteiger partial charge in [0.1, 0.15) is 0 Å². The highest BCUT2D eigenvalue weighted by Gasteiger charge is 2.17. The van der Waals surface area contributed by atoms with E-state index in [-0.39, 0.29) is 0 Å². The topological polar surface area (TPSA) is 57.3 Å². The van der Waals surface area contributed by atoms with Crippen molar-refractivity contribution in [1.29, 1.82) is 0 Å². The van der Waals surface area contributed by atoms with E-state index in [9.17, 15) is 0 Å². The van der Waals surface area contributed by atoms with Crippen molar-refractivity contribution in [2.45, 2.75) is 26.2 Å². The molecule has 30 heavy (non-hydrogen) atoms. The van der Waals surface area contributed by atoms with Crippen molar-refractivity contribution in [3.63, 3.8) is 0 Å². The Hall–Kier alpha value is -2.80. The van der Waals surface area contributed by atoms with Gasteiger partial charge in [-0.3, -0.25) is 4.99 Å². The highest BCUT2D eigenvalue weighted by atomic mass is 32.1. The van der Waals surface area contributed by atoms with E-state index in [2.05, 4.69) is 24.1 Å². The zero-order valence-corrected chi connectivity index (χ0v) is 18.9. The standard InChI is InChI=1S/C23H29N3O3S/c1-16(2)13-24-23-26(25-14-17-9-7-6-8-10-17)19(15-30-23)18-11-20(27-3)22(29-5)21(12-18)28-4/h6-7,11-12,14-15,17H,1,8-10,13H2,2-5H3. The summed E-state index contributed by atoms with van der Waals surface area (Å²) in [4.78, 5) is 5.52. The molecule has 1 unspecified atom stereocenters. The summed E-state index contributed by atoms with van der Waals surface area (Å²) in [5, 5.41) is 6.88. The van der Waals surface area contributed by atoms with E-state index < -0.39 is 0 Å². The van der Waals surface area contributed by atoms with E-state index in [4.69, 9.17) is 24.3 Å². The Kier molecular flexibility index (Phi) is 7.52. The van der Waals surface area contributed by atoms with Crippen LogP contribution in [0, 0.1) is 5.92 Å². The van der Waals surface area contributed by atoms with Gasteiger partial charge in [-0.2, -0.15) is 5.10 Å². The summed E-state index contributed by atoms with van der Waals surface area (Å²) in [5.74, 6) is 2.21. The lowest BCUT2D eigenvalue weighted by Crippen LogP contribution is -2.14. The number of nitrogens with zero attached hydrogens (tertiary/aromatic N) is 3. The van der Waals surface area contributed by atoms with Gasteiger partial charge in [0, 0.05) is 17.2 Å². The maximum absolute atomic E-state index is 5.53. The molecule has 1 heterocycles. The lowest BCUT2D eigenvalue weighted by molar-refractivity contribution is 0.324. The molecule has 0 N–H and O–H groups in total. The number of ether oxygens (including phenoxy) is 3. The molecule has 6 nitrogen and oxygen atoms in total. The minimum absolute atomic E-state index is 0.434. The SMILES string of the molecule is C=C(C)CN=c1scc(-c2cc(OC)c(OC)c(OC)c2)n1N=CC1CC=CCC1. The fourth-order valence-corrected chi connectivity index (χ4v) is 4.10. The Labute approximate surface area is 181 Å². The average molecular weight is 428 g/mol. The van der Waals surface area contributed by atoms with Gasteiger partial charge in [-0.25, -0.2) is 4.68 Å². The number of benzene rings is 1. The van der Waals surface area contributed by atoms with Crippen molar-refractivity contribution in [2.75, 3.05) is 27.9 Å². The average Bonchev–Trinajstić information content (AvgIpc) is 3.18. The number of hydrogen-bond acceptors (Lipinski definition) is 6. The van der Waals surface area contributed by atoms with E-state index in [0.29, 0.717) is 29.7 Å². The second-order valence-corrected chi connectivity index (χ2v) is 8.05. The van der Waals surface area contributed by atoms with Gasteiger partial charge >= 0.3 is 0 Å². The van der Waals surface area contributed by atoms with Crippen molar-refractivity contribution in [1.82, 2.24) is 4.68 Å². The quantitative estimate of drug-likeness (QED) is 0.444. The summed E-state index contributed by atoms with van der Waals surface area (Å²) < 4.78 is 18.4. The predicted molar refractivity (Wildman–Crippen MR) is 123 cm³/mol. The van der Waals surface area contributed by atoms with Gasteiger partial charge in [0.15, 0.2) is 11.5 Å². The molecule has 0 aliphatic heterocycles. The van der Waals surface area contributed by atoms with Gasteiger partial charge in [-0.05, 0) is 44.2 Å². The summed E-state index contributed by atoms with van der Waals surface area (Å²) >= 11 is 1.55. The van der Waals surface area contributed by atoms with Crippen molar-refractivity contribution in [3.05, 3.63) is 46.6 Å². The smallest absolute Gasteiger partial charge is 0.206 e. The van der Waals surface area contributed by atoms with Gasteiger partial charge in [0.05, 0.1) is 33.6 Å². The molecule has 7 heteroatoms. The Bertz CT molecular complexity index is 992. The molecular weight excluding hydrogens is 398 g/mol. The maximum atomic E-state index is 5.53. The molecule has 3 rings (SSSR count). The monoisotopic (exact) mass is 427 g/mol. The van der Waals surface area contributed by atoms with E-state index in [0.717, 1.165) is 40.9 Å². The Morgan fingerprint density at radius 3 is 2.50 bits per heavy atom. The normalized spacial score (nSPS) is 16.8. The third kappa shape index (κ3) is 5.02. The number of thiazole rings is 1. The van der Waals surface area contributed by atoms with Crippen LogP contribution in [0.15, 0.2) is 51.9 Å². The zero-order valence-electron chi connectivity index (χ0n) is 18.1. The minimum atomic E-state index is 0.434. The van der Waals surface area contributed by atoms with Crippen LogP contribution >= 0.6 is 11.3 Å². The molecule has 0 radical (unpaired) electrons. The highest BCUT2D eigenvalue weighted by molar-refractivity contribution is 7.07. The number of hydrogen-bond donors (Lipinski definition) is 0. The molecule has 0 fully saturated rings. The second-order valence-electron chi connectivity index (χ2n) is 7.21. The first kappa shape index (κ1) is 21.9. The van der Waals surface area contributed by atoms with Crippen LogP contribution in [0.25, 0.3) is 11.3 Å². The van der Waals surface area contributed by atoms with Crippen molar-refractivity contribution in [2.24, 2.45) is 16.0 Å². The van der Waals surface area contributed by atoms with Crippen molar-refractivity contribution in [3.8, 4) is 28.5 Å². The van der Waals surface area contributed by atoms with Crippen LogP contribution in [0.5, 0.6) is 17.2 Å².